The number of hydrogen-bond donors (Lipinski definition) is 2. The van der Waals surface area contributed by atoms with E-state index in [2.05, 4.69) is 10.0 Å². The molecular weight excluding hydrogens is 286 g/mol. The quantitative estimate of drug-likeness (QED) is 0.659. The van der Waals surface area contributed by atoms with Crippen molar-refractivity contribution < 1.29 is 22.8 Å². The number of barbiturate groups is 1. The van der Waals surface area contributed by atoms with E-state index in [-0.39, 0.29) is 13.1 Å². The van der Waals surface area contributed by atoms with E-state index in [9.17, 15) is 22.8 Å². The van der Waals surface area contributed by atoms with Gasteiger partial charge in [0.1, 0.15) is 5.41 Å². The Labute approximate surface area is 116 Å². The minimum absolute atomic E-state index is 0.0672. The standard InChI is InChI=1S/C11H17N3O5S/c1-20(18,19)12-6-7-14-9(16)11(4-2-3-5-11)8(15)13-10(14)17/h12H,2-7H2,1H3,(H,13,15,17). The van der Waals surface area contributed by atoms with E-state index in [0.29, 0.717) is 12.8 Å². The van der Waals surface area contributed by atoms with Crippen molar-refractivity contribution in [1.29, 1.82) is 0 Å². The second kappa shape index (κ2) is 5.13. The Balaban J connectivity index is 2.10. The lowest BCUT2D eigenvalue weighted by Gasteiger charge is -2.36. The lowest BCUT2D eigenvalue weighted by molar-refractivity contribution is -0.151. The number of nitrogens with zero attached hydrogens (tertiary/aromatic N) is 1. The average molecular weight is 303 g/mol. The van der Waals surface area contributed by atoms with Gasteiger partial charge in [-0.1, -0.05) is 12.8 Å². The third-order valence-electron chi connectivity index (χ3n) is 3.71. The Morgan fingerprint density at radius 2 is 1.85 bits per heavy atom. The van der Waals surface area contributed by atoms with Crippen LogP contribution in [0.1, 0.15) is 25.7 Å². The monoisotopic (exact) mass is 303 g/mol. The number of carbonyl (C=O) groups is 3. The van der Waals surface area contributed by atoms with E-state index < -0.39 is 33.3 Å². The van der Waals surface area contributed by atoms with Crippen LogP contribution in [0, 0.1) is 5.41 Å². The third kappa shape index (κ3) is 2.68. The molecule has 1 aliphatic carbocycles. The van der Waals surface area contributed by atoms with E-state index in [1.165, 1.54) is 0 Å². The molecule has 2 rings (SSSR count). The number of urea groups is 1. The van der Waals surface area contributed by atoms with Gasteiger partial charge >= 0.3 is 6.03 Å². The summed E-state index contributed by atoms with van der Waals surface area (Å²) in [7, 11) is -3.38. The number of hydrogen-bond acceptors (Lipinski definition) is 5. The Bertz CT molecular complexity index is 550. The molecule has 0 aromatic heterocycles. The second-order valence-corrected chi connectivity index (χ2v) is 7.00. The van der Waals surface area contributed by atoms with Crippen molar-refractivity contribution in [3.63, 3.8) is 0 Å². The molecule has 4 amide bonds. The summed E-state index contributed by atoms with van der Waals surface area (Å²) in [6, 6.07) is -0.784. The molecule has 2 fully saturated rings. The predicted octanol–water partition coefficient (Wildman–Crippen LogP) is -0.826. The molecule has 0 aromatic rings. The van der Waals surface area contributed by atoms with Gasteiger partial charge in [-0.3, -0.25) is 19.8 Å². The number of imide groups is 2. The normalized spacial score (nSPS) is 22.4. The van der Waals surface area contributed by atoms with Gasteiger partial charge in [0, 0.05) is 13.1 Å². The van der Waals surface area contributed by atoms with E-state index in [4.69, 9.17) is 0 Å². The Morgan fingerprint density at radius 1 is 1.25 bits per heavy atom. The van der Waals surface area contributed by atoms with Crippen molar-refractivity contribution >= 4 is 27.9 Å². The van der Waals surface area contributed by atoms with Gasteiger partial charge in [0.25, 0.3) is 0 Å². The molecule has 1 aliphatic heterocycles. The molecule has 2 N–H and O–H groups in total. The lowest BCUT2D eigenvalue weighted by atomic mass is 9.82. The van der Waals surface area contributed by atoms with E-state index >= 15 is 0 Å². The zero-order valence-electron chi connectivity index (χ0n) is 11.1. The van der Waals surface area contributed by atoms with Gasteiger partial charge in [-0.25, -0.2) is 17.9 Å². The van der Waals surface area contributed by atoms with Gasteiger partial charge in [-0.05, 0) is 12.8 Å². The first-order valence-corrected chi connectivity index (χ1v) is 8.27. The fourth-order valence-corrected chi connectivity index (χ4v) is 3.16. The maximum absolute atomic E-state index is 12.4. The summed E-state index contributed by atoms with van der Waals surface area (Å²) in [5.41, 5.74) is -1.14. The molecule has 1 saturated carbocycles. The molecule has 0 atom stereocenters. The maximum atomic E-state index is 12.4. The number of carbonyl (C=O) groups excluding carboxylic acids is 3. The zero-order chi connectivity index (χ0) is 15.0. The first kappa shape index (κ1) is 14.9. The van der Waals surface area contributed by atoms with Crippen molar-refractivity contribution in [1.82, 2.24) is 14.9 Å². The summed E-state index contributed by atoms with van der Waals surface area (Å²) in [5.74, 6) is -1.05. The molecule has 0 radical (unpaired) electrons. The SMILES string of the molecule is CS(=O)(=O)NCCN1C(=O)NC(=O)C2(CCCC2)C1=O. The van der Waals surface area contributed by atoms with Crippen molar-refractivity contribution in [2.75, 3.05) is 19.3 Å². The van der Waals surface area contributed by atoms with Crippen molar-refractivity contribution in [2.45, 2.75) is 25.7 Å². The highest BCUT2D eigenvalue weighted by Crippen LogP contribution is 2.41. The van der Waals surface area contributed by atoms with Crippen LogP contribution in [0.15, 0.2) is 0 Å². The average Bonchev–Trinajstić information content (AvgIpc) is 2.81. The lowest BCUT2D eigenvalue weighted by Crippen LogP contribution is -2.63. The third-order valence-corrected chi connectivity index (χ3v) is 4.44. The van der Waals surface area contributed by atoms with Gasteiger partial charge in [-0.15, -0.1) is 0 Å². The fraction of sp³-hybridized carbons (Fsp3) is 0.727. The smallest absolute Gasteiger partial charge is 0.277 e. The first-order chi connectivity index (χ1) is 9.26. The summed E-state index contributed by atoms with van der Waals surface area (Å²) >= 11 is 0. The van der Waals surface area contributed by atoms with Crippen molar-refractivity contribution in [3.05, 3.63) is 0 Å². The topological polar surface area (TPSA) is 113 Å². The van der Waals surface area contributed by atoms with Crippen LogP contribution >= 0.6 is 0 Å². The molecule has 8 nitrogen and oxygen atoms in total. The van der Waals surface area contributed by atoms with E-state index in [1.807, 2.05) is 0 Å². The van der Waals surface area contributed by atoms with Crippen molar-refractivity contribution in [3.8, 4) is 0 Å². The molecule has 1 spiro atoms. The van der Waals surface area contributed by atoms with Gasteiger partial charge in [-0.2, -0.15) is 0 Å². The van der Waals surface area contributed by atoms with Crippen LogP contribution in [0.5, 0.6) is 0 Å². The Morgan fingerprint density at radius 3 is 2.40 bits per heavy atom. The number of rotatable bonds is 4. The molecule has 20 heavy (non-hydrogen) atoms. The number of sulfonamides is 1. The predicted molar refractivity (Wildman–Crippen MR) is 69.0 cm³/mol. The van der Waals surface area contributed by atoms with Crippen LogP contribution in [-0.2, 0) is 19.6 Å². The summed E-state index contributed by atoms with van der Waals surface area (Å²) in [4.78, 5) is 36.9. The van der Waals surface area contributed by atoms with E-state index in [1.54, 1.807) is 0 Å². The second-order valence-electron chi connectivity index (χ2n) is 5.17. The molecule has 0 bridgehead atoms. The number of amides is 4. The molecule has 0 aromatic carbocycles. The first-order valence-electron chi connectivity index (χ1n) is 6.38. The van der Waals surface area contributed by atoms with E-state index in [0.717, 1.165) is 24.0 Å². The molecular formula is C11H17N3O5S. The Kier molecular flexibility index (Phi) is 3.83. The summed E-state index contributed by atoms with van der Waals surface area (Å²) in [6.07, 6.45) is 3.39. The van der Waals surface area contributed by atoms with Gasteiger partial charge < -0.3 is 0 Å². The minimum Gasteiger partial charge on any atom is -0.277 e. The van der Waals surface area contributed by atoms with Crippen LogP contribution in [0.25, 0.3) is 0 Å². The largest absolute Gasteiger partial charge is 0.330 e. The van der Waals surface area contributed by atoms with Crippen LogP contribution in [-0.4, -0.2) is 50.5 Å². The highest BCUT2D eigenvalue weighted by molar-refractivity contribution is 7.88. The molecule has 0 unspecified atom stereocenters. The number of nitrogens with one attached hydrogen (secondary N) is 2. The fourth-order valence-electron chi connectivity index (χ4n) is 2.70. The van der Waals surface area contributed by atoms with Gasteiger partial charge in [0.15, 0.2) is 0 Å². The van der Waals surface area contributed by atoms with Gasteiger partial charge in [0.05, 0.1) is 6.26 Å². The highest BCUT2D eigenvalue weighted by Gasteiger charge is 2.54. The summed E-state index contributed by atoms with van der Waals surface area (Å²) in [6.45, 7) is -0.158. The summed E-state index contributed by atoms with van der Waals surface area (Å²) in [5, 5.41) is 2.19. The maximum Gasteiger partial charge on any atom is 0.330 e. The molecule has 2 aliphatic rings. The molecule has 1 saturated heterocycles. The minimum atomic E-state index is -3.38. The van der Waals surface area contributed by atoms with Crippen LogP contribution in [0.4, 0.5) is 4.79 Å². The van der Waals surface area contributed by atoms with Crippen molar-refractivity contribution in [2.24, 2.45) is 5.41 Å². The highest BCUT2D eigenvalue weighted by atomic mass is 32.2. The molecule has 9 heteroatoms. The summed E-state index contributed by atoms with van der Waals surface area (Å²) < 4.78 is 24.2. The van der Waals surface area contributed by atoms with Crippen LogP contribution in [0.2, 0.25) is 0 Å². The van der Waals surface area contributed by atoms with Crippen LogP contribution in [0.3, 0.4) is 0 Å². The van der Waals surface area contributed by atoms with Gasteiger partial charge in [0.2, 0.25) is 21.8 Å². The zero-order valence-corrected chi connectivity index (χ0v) is 12.0. The Hall–Kier alpha value is -1.48. The molecule has 1 heterocycles. The molecule has 112 valence electrons. The van der Waals surface area contributed by atoms with Crippen LogP contribution < -0.4 is 10.0 Å².